The Morgan fingerprint density at radius 3 is 2.27 bits per heavy atom. The lowest BCUT2D eigenvalue weighted by Gasteiger charge is -2.36. The lowest BCUT2D eigenvalue weighted by Crippen LogP contribution is -2.45. The van der Waals surface area contributed by atoms with Crippen LogP contribution >= 0.6 is 11.6 Å². The van der Waals surface area contributed by atoms with Gasteiger partial charge in [0.05, 0.1) is 6.04 Å². The fourth-order valence-electron chi connectivity index (χ4n) is 3.39. The molecular formula is C19H23ClN2. The second-order valence-corrected chi connectivity index (χ2v) is 6.54. The SMILES string of the molecule is Cc1cc(C)cc(C(c2ccccc2Cl)N2CCNCC2)c1. The zero-order valence-corrected chi connectivity index (χ0v) is 14.0. The molecule has 0 bridgehead atoms. The Bertz CT molecular complexity index is 627. The molecule has 1 aliphatic heterocycles. The third kappa shape index (κ3) is 3.35. The summed E-state index contributed by atoms with van der Waals surface area (Å²) in [6.07, 6.45) is 0. The van der Waals surface area contributed by atoms with Gasteiger partial charge in [0.1, 0.15) is 0 Å². The predicted molar refractivity (Wildman–Crippen MR) is 93.7 cm³/mol. The third-order valence-corrected chi connectivity index (χ3v) is 4.62. The van der Waals surface area contributed by atoms with Crippen molar-refractivity contribution in [1.82, 2.24) is 10.2 Å². The van der Waals surface area contributed by atoms with Gasteiger partial charge in [0.2, 0.25) is 0 Å². The largest absolute Gasteiger partial charge is 0.314 e. The molecule has 1 heterocycles. The van der Waals surface area contributed by atoms with Crippen LogP contribution in [0.25, 0.3) is 0 Å². The first-order valence-corrected chi connectivity index (χ1v) is 8.30. The Morgan fingerprint density at radius 2 is 1.64 bits per heavy atom. The number of hydrogen-bond donors (Lipinski definition) is 1. The lowest BCUT2D eigenvalue weighted by molar-refractivity contribution is 0.198. The fourth-order valence-corrected chi connectivity index (χ4v) is 3.63. The summed E-state index contributed by atoms with van der Waals surface area (Å²) in [6, 6.07) is 15.3. The maximum absolute atomic E-state index is 6.53. The summed E-state index contributed by atoms with van der Waals surface area (Å²) in [7, 11) is 0. The van der Waals surface area contributed by atoms with Crippen molar-refractivity contribution in [3.05, 3.63) is 69.7 Å². The molecule has 3 rings (SSSR count). The van der Waals surface area contributed by atoms with Crippen LogP contribution in [0.2, 0.25) is 5.02 Å². The molecule has 2 aromatic rings. The van der Waals surface area contributed by atoms with Crippen LogP contribution in [-0.4, -0.2) is 31.1 Å². The zero-order chi connectivity index (χ0) is 15.5. The first-order valence-electron chi connectivity index (χ1n) is 7.92. The molecule has 2 nitrogen and oxygen atoms in total. The van der Waals surface area contributed by atoms with Gasteiger partial charge in [0.15, 0.2) is 0 Å². The summed E-state index contributed by atoms with van der Waals surface area (Å²) in [4.78, 5) is 2.53. The van der Waals surface area contributed by atoms with Gasteiger partial charge in [-0.05, 0) is 31.0 Å². The van der Waals surface area contributed by atoms with E-state index in [0.29, 0.717) is 0 Å². The van der Waals surface area contributed by atoms with E-state index >= 15 is 0 Å². The van der Waals surface area contributed by atoms with Crippen LogP contribution in [0.4, 0.5) is 0 Å². The quantitative estimate of drug-likeness (QED) is 0.922. The van der Waals surface area contributed by atoms with Crippen molar-refractivity contribution in [1.29, 1.82) is 0 Å². The Kier molecular flexibility index (Phi) is 4.82. The number of nitrogens with zero attached hydrogens (tertiary/aromatic N) is 1. The predicted octanol–water partition coefficient (Wildman–Crippen LogP) is 3.95. The van der Waals surface area contributed by atoms with Gasteiger partial charge in [-0.25, -0.2) is 0 Å². The number of nitrogens with one attached hydrogen (secondary N) is 1. The molecule has 3 heteroatoms. The number of halogens is 1. The van der Waals surface area contributed by atoms with Crippen LogP contribution in [0, 0.1) is 13.8 Å². The van der Waals surface area contributed by atoms with Gasteiger partial charge in [-0.2, -0.15) is 0 Å². The fraction of sp³-hybridized carbons (Fsp3) is 0.368. The molecule has 1 atom stereocenters. The summed E-state index contributed by atoms with van der Waals surface area (Å²) in [5.74, 6) is 0. The molecule has 1 fully saturated rings. The molecule has 1 N–H and O–H groups in total. The standard InChI is InChI=1S/C19H23ClN2/c1-14-11-15(2)13-16(12-14)19(22-9-7-21-8-10-22)17-5-3-4-6-18(17)20/h3-6,11-13,19,21H,7-10H2,1-2H3. The van der Waals surface area contributed by atoms with Crippen LogP contribution in [0.1, 0.15) is 28.3 Å². The van der Waals surface area contributed by atoms with Crippen LogP contribution in [0.15, 0.2) is 42.5 Å². The maximum atomic E-state index is 6.53. The van der Waals surface area contributed by atoms with E-state index < -0.39 is 0 Å². The van der Waals surface area contributed by atoms with Gasteiger partial charge < -0.3 is 5.32 Å². The average Bonchev–Trinajstić information content (AvgIpc) is 2.50. The molecule has 1 saturated heterocycles. The number of piperazine rings is 1. The summed E-state index contributed by atoms with van der Waals surface area (Å²) in [5.41, 5.74) is 5.16. The van der Waals surface area contributed by atoms with Gasteiger partial charge in [-0.15, -0.1) is 0 Å². The number of rotatable bonds is 3. The molecule has 0 radical (unpaired) electrons. The lowest BCUT2D eigenvalue weighted by atomic mass is 9.93. The Hall–Kier alpha value is -1.35. The van der Waals surface area contributed by atoms with Crippen molar-refractivity contribution in [2.45, 2.75) is 19.9 Å². The van der Waals surface area contributed by atoms with Gasteiger partial charge in [-0.3, -0.25) is 4.90 Å². The molecule has 2 aromatic carbocycles. The number of benzene rings is 2. The number of hydrogen-bond acceptors (Lipinski definition) is 2. The van der Waals surface area contributed by atoms with E-state index in [-0.39, 0.29) is 6.04 Å². The minimum atomic E-state index is 0.231. The minimum Gasteiger partial charge on any atom is -0.314 e. The molecule has 1 aliphatic rings. The van der Waals surface area contributed by atoms with Gasteiger partial charge in [-0.1, -0.05) is 59.1 Å². The number of aryl methyl sites for hydroxylation is 2. The zero-order valence-electron chi connectivity index (χ0n) is 13.3. The molecular weight excluding hydrogens is 292 g/mol. The summed E-state index contributed by atoms with van der Waals surface area (Å²) < 4.78 is 0. The van der Waals surface area contributed by atoms with Gasteiger partial charge in [0, 0.05) is 31.2 Å². The van der Waals surface area contributed by atoms with Crippen molar-refractivity contribution < 1.29 is 0 Å². The summed E-state index contributed by atoms with van der Waals surface area (Å²) in [6.45, 7) is 8.49. The Morgan fingerprint density at radius 1 is 1.00 bits per heavy atom. The van der Waals surface area contributed by atoms with Crippen LogP contribution in [0.5, 0.6) is 0 Å². The summed E-state index contributed by atoms with van der Waals surface area (Å²) >= 11 is 6.53. The topological polar surface area (TPSA) is 15.3 Å². The van der Waals surface area contributed by atoms with Crippen LogP contribution in [-0.2, 0) is 0 Å². The highest BCUT2D eigenvalue weighted by molar-refractivity contribution is 6.31. The van der Waals surface area contributed by atoms with Crippen molar-refractivity contribution in [3.8, 4) is 0 Å². The monoisotopic (exact) mass is 314 g/mol. The van der Waals surface area contributed by atoms with Crippen molar-refractivity contribution in [2.24, 2.45) is 0 Å². The molecule has 22 heavy (non-hydrogen) atoms. The van der Waals surface area contributed by atoms with E-state index in [1.54, 1.807) is 0 Å². The molecule has 0 spiro atoms. The maximum Gasteiger partial charge on any atom is 0.0617 e. The van der Waals surface area contributed by atoms with E-state index in [0.717, 1.165) is 31.2 Å². The van der Waals surface area contributed by atoms with E-state index in [1.807, 2.05) is 12.1 Å². The first-order chi connectivity index (χ1) is 10.6. The van der Waals surface area contributed by atoms with Gasteiger partial charge >= 0.3 is 0 Å². The molecule has 1 unspecified atom stereocenters. The Balaban J connectivity index is 2.07. The van der Waals surface area contributed by atoms with Crippen LogP contribution < -0.4 is 5.32 Å². The first kappa shape index (κ1) is 15.5. The second-order valence-electron chi connectivity index (χ2n) is 6.13. The Labute approximate surface area is 138 Å². The molecule has 0 amide bonds. The average molecular weight is 315 g/mol. The smallest absolute Gasteiger partial charge is 0.0617 e. The van der Waals surface area contributed by atoms with Crippen molar-refractivity contribution in [3.63, 3.8) is 0 Å². The highest BCUT2D eigenvalue weighted by Gasteiger charge is 2.25. The molecule has 0 aliphatic carbocycles. The summed E-state index contributed by atoms with van der Waals surface area (Å²) in [5, 5.41) is 4.29. The third-order valence-electron chi connectivity index (χ3n) is 4.28. The molecule has 0 aromatic heterocycles. The van der Waals surface area contributed by atoms with Gasteiger partial charge in [0.25, 0.3) is 0 Å². The van der Waals surface area contributed by atoms with E-state index in [2.05, 4.69) is 54.4 Å². The van der Waals surface area contributed by atoms with Crippen molar-refractivity contribution >= 4 is 11.6 Å². The van der Waals surface area contributed by atoms with Crippen LogP contribution in [0.3, 0.4) is 0 Å². The molecule has 116 valence electrons. The van der Waals surface area contributed by atoms with Crippen molar-refractivity contribution in [2.75, 3.05) is 26.2 Å². The highest BCUT2D eigenvalue weighted by Crippen LogP contribution is 2.34. The van der Waals surface area contributed by atoms with E-state index in [1.165, 1.54) is 22.3 Å². The normalized spacial score (nSPS) is 17.4. The molecule has 0 saturated carbocycles. The van der Waals surface area contributed by atoms with E-state index in [4.69, 9.17) is 11.6 Å². The highest BCUT2D eigenvalue weighted by atomic mass is 35.5. The minimum absolute atomic E-state index is 0.231. The van der Waals surface area contributed by atoms with E-state index in [9.17, 15) is 0 Å². The second kappa shape index (κ2) is 6.82.